The first-order valence-electron chi connectivity index (χ1n) is 10.2. The van der Waals surface area contributed by atoms with Gasteiger partial charge in [0.1, 0.15) is 12.1 Å². The minimum atomic E-state index is -1.03. The summed E-state index contributed by atoms with van der Waals surface area (Å²) in [5.41, 5.74) is 1.40. The molecule has 0 fully saturated rings. The molecule has 5 N–H and O–H groups in total. The molecule has 32 heavy (non-hydrogen) atoms. The van der Waals surface area contributed by atoms with Crippen LogP contribution in [0.1, 0.15) is 43.7 Å². The Labute approximate surface area is 187 Å². The summed E-state index contributed by atoms with van der Waals surface area (Å²) in [6.45, 7) is 4.50. The predicted octanol–water partition coefficient (Wildman–Crippen LogP) is 0.519. The van der Waals surface area contributed by atoms with Crippen molar-refractivity contribution < 1.29 is 34.1 Å². The molecule has 0 unspecified atom stereocenters. The van der Waals surface area contributed by atoms with Gasteiger partial charge in [-0.25, -0.2) is 0 Å². The van der Waals surface area contributed by atoms with Gasteiger partial charge in [-0.2, -0.15) is 0 Å². The standard InChI is InChI=1S/C22H31N3O7/c1-4-18(25-19(28)7-5-6-8-20(29)32-3)22(31)23-14(2)21(30)24-17-10-15(12-26)9-16(11-17)13-27/h4,9-11,14,18,26-27H,1,5-8,12-13H2,2-3H3,(H,23,31)(H,24,30)(H,25,28)/t14-,18-/m0/s1. The lowest BCUT2D eigenvalue weighted by atomic mass is 10.1. The molecule has 1 aromatic rings. The maximum atomic E-state index is 12.4. The van der Waals surface area contributed by atoms with Crippen LogP contribution in [-0.4, -0.2) is 53.1 Å². The lowest BCUT2D eigenvalue weighted by Gasteiger charge is -2.19. The second-order valence-electron chi connectivity index (χ2n) is 7.14. The van der Waals surface area contributed by atoms with E-state index in [2.05, 4.69) is 27.3 Å². The fraction of sp³-hybridized carbons (Fsp3) is 0.455. The van der Waals surface area contributed by atoms with Crippen LogP contribution in [0.3, 0.4) is 0 Å². The smallest absolute Gasteiger partial charge is 0.305 e. The number of carbonyl (C=O) groups excluding carboxylic acids is 4. The molecular formula is C22H31N3O7. The average molecular weight is 450 g/mol. The molecule has 10 nitrogen and oxygen atoms in total. The number of esters is 1. The van der Waals surface area contributed by atoms with Crippen LogP contribution in [0.15, 0.2) is 30.9 Å². The summed E-state index contributed by atoms with van der Waals surface area (Å²) in [7, 11) is 1.29. The lowest BCUT2D eigenvalue weighted by molar-refractivity contribution is -0.140. The molecule has 1 aromatic carbocycles. The van der Waals surface area contributed by atoms with Crippen LogP contribution in [-0.2, 0) is 37.1 Å². The largest absolute Gasteiger partial charge is 0.469 e. The van der Waals surface area contributed by atoms with Crippen LogP contribution in [0.25, 0.3) is 0 Å². The Hall–Kier alpha value is -3.24. The van der Waals surface area contributed by atoms with Gasteiger partial charge in [0, 0.05) is 18.5 Å². The van der Waals surface area contributed by atoms with E-state index in [4.69, 9.17) is 0 Å². The number of nitrogens with one attached hydrogen (secondary N) is 3. The van der Waals surface area contributed by atoms with Gasteiger partial charge in [-0.15, -0.1) is 6.58 Å². The number of methoxy groups -OCH3 is 1. The predicted molar refractivity (Wildman–Crippen MR) is 117 cm³/mol. The fourth-order valence-corrected chi connectivity index (χ4v) is 2.77. The highest BCUT2D eigenvalue weighted by molar-refractivity contribution is 5.98. The molecule has 1 rings (SSSR count). The molecule has 0 aliphatic carbocycles. The molecule has 0 saturated carbocycles. The molecular weight excluding hydrogens is 418 g/mol. The van der Waals surface area contributed by atoms with E-state index < -0.39 is 23.9 Å². The van der Waals surface area contributed by atoms with E-state index in [9.17, 15) is 29.4 Å². The van der Waals surface area contributed by atoms with Crippen molar-refractivity contribution >= 4 is 29.4 Å². The first kappa shape index (κ1) is 26.8. The number of benzene rings is 1. The molecule has 0 saturated heterocycles. The Morgan fingerprint density at radius 3 is 2.12 bits per heavy atom. The quantitative estimate of drug-likeness (QED) is 0.167. The third-order valence-corrected chi connectivity index (χ3v) is 4.53. The number of anilines is 1. The Morgan fingerprint density at radius 2 is 1.59 bits per heavy atom. The van der Waals surface area contributed by atoms with Gasteiger partial charge >= 0.3 is 5.97 Å². The number of amides is 3. The van der Waals surface area contributed by atoms with Gasteiger partial charge in [-0.05, 0) is 43.0 Å². The van der Waals surface area contributed by atoms with E-state index in [1.807, 2.05) is 0 Å². The Kier molecular flexibility index (Phi) is 11.7. The summed E-state index contributed by atoms with van der Waals surface area (Å²) in [5, 5.41) is 26.2. The first-order chi connectivity index (χ1) is 15.2. The SMILES string of the molecule is C=C[C@H](NC(=O)CCCCC(=O)OC)C(=O)N[C@@H](C)C(=O)Nc1cc(CO)cc(CO)c1. The zero-order chi connectivity index (χ0) is 24.1. The van der Waals surface area contributed by atoms with E-state index in [-0.39, 0.29) is 37.9 Å². The maximum Gasteiger partial charge on any atom is 0.305 e. The third kappa shape index (κ3) is 9.27. The van der Waals surface area contributed by atoms with Gasteiger partial charge in [0.25, 0.3) is 0 Å². The highest BCUT2D eigenvalue weighted by Gasteiger charge is 2.22. The Morgan fingerprint density at radius 1 is 1.00 bits per heavy atom. The van der Waals surface area contributed by atoms with Gasteiger partial charge in [-0.1, -0.05) is 12.1 Å². The number of rotatable bonds is 13. The molecule has 0 aliphatic heterocycles. The molecule has 0 spiro atoms. The zero-order valence-electron chi connectivity index (χ0n) is 18.3. The average Bonchev–Trinajstić information content (AvgIpc) is 2.79. The van der Waals surface area contributed by atoms with Gasteiger partial charge in [-0.3, -0.25) is 19.2 Å². The highest BCUT2D eigenvalue weighted by Crippen LogP contribution is 2.16. The molecule has 10 heteroatoms. The monoisotopic (exact) mass is 449 g/mol. The van der Waals surface area contributed by atoms with Crippen molar-refractivity contribution in [1.82, 2.24) is 10.6 Å². The zero-order valence-corrected chi connectivity index (χ0v) is 18.3. The Bertz CT molecular complexity index is 803. The third-order valence-electron chi connectivity index (χ3n) is 4.53. The van der Waals surface area contributed by atoms with E-state index in [1.54, 1.807) is 18.2 Å². The maximum absolute atomic E-state index is 12.4. The normalized spacial score (nSPS) is 12.2. The highest BCUT2D eigenvalue weighted by atomic mass is 16.5. The van der Waals surface area contributed by atoms with Crippen LogP contribution >= 0.6 is 0 Å². The van der Waals surface area contributed by atoms with Gasteiger partial charge < -0.3 is 30.9 Å². The summed E-state index contributed by atoms with van der Waals surface area (Å²) < 4.78 is 4.53. The molecule has 0 aromatic heterocycles. The van der Waals surface area contributed by atoms with Crippen molar-refractivity contribution in [3.63, 3.8) is 0 Å². The first-order valence-corrected chi connectivity index (χ1v) is 10.2. The minimum absolute atomic E-state index is 0.124. The van der Waals surface area contributed by atoms with Crippen LogP contribution in [0, 0.1) is 0 Å². The second-order valence-corrected chi connectivity index (χ2v) is 7.14. The van der Waals surface area contributed by atoms with Gasteiger partial charge in [0.05, 0.1) is 20.3 Å². The molecule has 0 heterocycles. The van der Waals surface area contributed by atoms with Crippen LogP contribution in [0.4, 0.5) is 5.69 Å². The topological polar surface area (TPSA) is 154 Å². The van der Waals surface area contributed by atoms with E-state index in [0.29, 0.717) is 29.7 Å². The number of aliphatic hydroxyl groups excluding tert-OH is 2. The van der Waals surface area contributed by atoms with E-state index in [1.165, 1.54) is 20.1 Å². The number of unbranched alkanes of at least 4 members (excludes halogenated alkanes) is 1. The van der Waals surface area contributed by atoms with E-state index in [0.717, 1.165) is 0 Å². The lowest BCUT2D eigenvalue weighted by Crippen LogP contribution is -2.50. The van der Waals surface area contributed by atoms with Crippen molar-refractivity contribution in [2.75, 3.05) is 12.4 Å². The number of carbonyl (C=O) groups is 4. The van der Waals surface area contributed by atoms with Crippen molar-refractivity contribution in [3.05, 3.63) is 42.0 Å². The Balaban J connectivity index is 2.57. The van der Waals surface area contributed by atoms with Gasteiger partial charge in [0.2, 0.25) is 17.7 Å². The number of hydrogen-bond acceptors (Lipinski definition) is 7. The van der Waals surface area contributed by atoms with E-state index >= 15 is 0 Å². The number of hydrogen-bond donors (Lipinski definition) is 5. The van der Waals surface area contributed by atoms with Crippen molar-refractivity contribution in [2.45, 2.75) is 57.9 Å². The minimum Gasteiger partial charge on any atom is -0.469 e. The molecule has 2 atom stereocenters. The summed E-state index contributed by atoms with van der Waals surface area (Å²) in [5.74, 6) is -1.86. The molecule has 0 bridgehead atoms. The fourth-order valence-electron chi connectivity index (χ4n) is 2.77. The van der Waals surface area contributed by atoms with Crippen LogP contribution in [0.5, 0.6) is 0 Å². The summed E-state index contributed by atoms with van der Waals surface area (Å²) in [6, 6.07) is 2.75. The van der Waals surface area contributed by atoms with Crippen LogP contribution < -0.4 is 16.0 Å². The summed E-state index contributed by atoms with van der Waals surface area (Å²) in [6.07, 6.45) is 2.53. The van der Waals surface area contributed by atoms with Crippen molar-refractivity contribution in [2.24, 2.45) is 0 Å². The molecule has 3 amide bonds. The van der Waals surface area contributed by atoms with Crippen molar-refractivity contribution in [1.29, 1.82) is 0 Å². The number of ether oxygens (including phenoxy) is 1. The van der Waals surface area contributed by atoms with Gasteiger partial charge in [0.15, 0.2) is 0 Å². The summed E-state index contributed by atoms with van der Waals surface area (Å²) >= 11 is 0. The summed E-state index contributed by atoms with van der Waals surface area (Å²) in [4.78, 5) is 48.0. The molecule has 176 valence electrons. The molecule has 0 aliphatic rings. The second kappa shape index (κ2) is 13.9. The molecule has 0 radical (unpaired) electrons. The van der Waals surface area contributed by atoms with Crippen molar-refractivity contribution in [3.8, 4) is 0 Å². The number of aliphatic hydroxyl groups is 2. The van der Waals surface area contributed by atoms with Crippen LogP contribution in [0.2, 0.25) is 0 Å².